The molecule has 1 heterocycles. The highest BCUT2D eigenvalue weighted by Gasteiger charge is 1.88. The Morgan fingerprint density at radius 1 is 1.30 bits per heavy atom. The summed E-state index contributed by atoms with van der Waals surface area (Å²) in [5.74, 6) is 0.154. The summed E-state index contributed by atoms with van der Waals surface area (Å²) in [5, 5.41) is 0. The van der Waals surface area contributed by atoms with Crippen LogP contribution in [0.25, 0.3) is 0 Å². The fourth-order valence-corrected chi connectivity index (χ4v) is 0.406. The normalized spacial score (nSPS) is 8.80. The second kappa shape index (κ2) is 2.72. The molecule has 10 heavy (non-hydrogen) atoms. The number of nitrogens with two attached hydrogens (primary N) is 2. The van der Waals surface area contributed by atoms with Gasteiger partial charge < -0.3 is 11.5 Å². The van der Waals surface area contributed by atoms with Gasteiger partial charge in [-0.1, -0.05) is 0 Å². The molecule has 1 aromatic heterocycles. The number of aromatic nitrogens is 3. The molecule has 1 rings (SSSR count). The first-order chi connectivity index (χ1) is 4.79. The summed E-state index contributed by atoms with van der Waals surface area (Å²) >= 11 is 0. The van der Waals surface area contributed by atoms with Gasteiger partial charge in [0.05, 0.1) is 0 Å². The Labute approximate surface area is 57.0 Å². The van der Waals surface area contributed by atoms with E-state index in [1.165, 1.54) is 12.7 Å². The molecule has 0 aliphatic rings. The summed E-state index contributed by atoms with van der Waals surface area (Å²) in [5.41, 5.74) is 10.1. The first kappa shape index (κ1) is 6.40. The van der Waals surface area contributed by atoms with E-state index in [9.17, 15) is 0 Å². The molecule has 0 aromatic carbocycles. The Balaban J connectivity index is 2.87. The molecule has 0 saturated heterocycles. The Morgan fingerprint density at radius 3 is 2.40 bits per heavy atom. The molecule has 0 amide bonds. The number of rotatable bonds is 1. The second-order valence-electron chi connectivity index (χ2n) is 1.47. The van der Waals surface area contributed by atoms with Crippen molar-refractivity contribution >= 4 is 11.9 Å². The lowest BCUT2D eigenvalue weighted by molar-refractivity contribution is 1.03. The maximum atomic E-state index is 5.05. The van der Waals surface area contributed by atoms with Gasteiger partial charge in [0.2, 0.25) is 0 Å². The van der Waals surface area contributed by atoms with Gasteiger partial charge in [0.15, 0.2) is 5.96 Å². The van der Waals surface area contributed by atoms with Gasteiger partial charge in [-0.25, -0.2) is 4.98 Å². The van der Waals surface area contributed by atoms with Gasteiger partial charge in [-0.3, -0.25) is 0 Å². The third kappa shape index (κ3) is 1.66. The zero-order valence-electron chi connectivity index (χ0n) is 5.10. The second-order valence-corrected chi connectivity index (χ2v) is 1.47. The van der Waals surface area contributed by atoms with E-state index in [0.29, 0.717) is 0 Å². The minimum absolute atomic E-state index is 0.0637. The van der Waals surface area contributed by atoms with Crippen molar-refractivity contribution in [2.45, 2.75) is 0 Å². The highest BCUT2D eigenvalue weighted by molar-refractivity contribution is 5.77. The molecule has 0 spiro atoms. The third-order valence-electron chi connectivity index (χ3n) is 0.709. The van der Waals surface area contributed by atoms with Crippen LogP contribution in [-0.4, -0.2) is 20.9 Å². The van der Waals surface area contributed by atoms with Crippen molar-refractivity contribution in [1.29, 1.82) is 0 Å². The quantitative estimate of drug-likeness (QED) is 0.374. The smallest absolute Gasteiger partial charge is 0.255 e. The number of guanidine groups is 1. The number of hydrogen-bond donors (Lipinski definition) is 2. The van der Waals surface area contributed by atoms with E-state index in [1.54, 1.807) is 0 Å². The van der Waals surface area contributed by atoms with Crippen molar-refractivity contribution in [3.63, 3.8) is 0 Å². The lowest BCUT2D eigenvalue weighted by Gasteiger charge is -1.88. The van der Waals surface area contributed by atoms with Gasteiger partial charge in [-0.15, -0.1) is 0 Å². The summed E-state index contributed by atoms with van der Waals surface area (Å²) < 4.78 is 0. The summed E-state index contributed by atoms with van der Waals surface area (Å²) in [6, 6.07) is 0. The first-order valence-electron chi connectivity index (χ1n) is 2.50. The molecule has 4 N–H and O–H groups in total. The standard InChI is InChI=1S/C4H6N6/c5-3(6)10-4-8-1-7-2-9-4/h1-2H,(H4,5,6,7,8,9,10). The predicted molar refractivity (Wildman–Crippen MR) is 35.3 cm³/mol. The van der Waals surface area contributed by atoms with Crippen LogP contribution in [0.2, 0.25) is 0 Å². The number of aliphatic imine (C=N–C) groups is 1. The Hall–Kier alpha value is -1.72. The molecule has 52 valence electrons. The number of hydrogen-bond acceptors (Lipinski definition) is 4. The molecule has 0 bridgehead atoms. The molecule has 6 nitrogen and oxygen atoms in total. The molecule has 6 heteroatoms. The van der Waals surface area contributed by atoms with Crippen LogP contribution in [0.5, 0.6) is 0 Å². The van der Waals surface area contributed by atoms with Crippen LogP contribution in [0.15, 0.2) is 17.6 Å². The maximum Gasteiger partial charge on any atom is 0.255 e. The van der Waals surface area contributed by atoms with Gasteiger partial charge in [0.25, 0.3) is 5.95 Å². The minimum Gasteiger partial charge on any atom is -0.370 e. The molecule has 0 aliphatic carbocycles. The van der Waals surface area contributed by atoms with Crippen molar-refractivity contribution in [2.75, 3.05) is 0 Å². The molecule has 0 radical (unpaired) electrons. The van der Waals surface area contributed by atoms with Crippen LogP contribution in [0.1, 0.15) is 0 Å². The molecule has 0 unspecified atom stereocenters. The number of nitrogens with zero attached hydrogens (tertiary/aromatic N) is 4. The first-order valence-corrected chi connectivity index (χ1v) is 2.50. The predicted octanol–water partition coefficient (Wildman–Crippen LogP) is -1.22. The van der Waals surface area contributed by atoms with Crippen LogP contribution in [-0.2, 0) is 0 Å². The Morgan fingerprint density at radius 2 is 1.90 bits per heavy atom. The van der Waals surface area contributed by atoms with Crippen LogP contribution in [0.4, 0.5) is 5.95 Å². The highest BCUT2D eigenvalue weighted by atomic mass is 15.1. The molecule has 0 atom stereocenters. The highest BCUT2D eigenvalue weighted by Crippen LogP contribution is 1.94. The van der Waals surface area contributed by atoms with E-state index in [4.69, 9.17) is 11.5 Å². The van der Waals surface area contributed by atoms with Crippen molar-refractivity contribution in [3.05, 3.63) is 12.7 Å². The van der Waals surface area contributed by atoms with Crippen molar-refractivity contribution in [1.82, 2.24) is 15.0 Å². The lowest BCUT2D eigenvalue weighted by atomic mass is 10.9. The van der Waals surface area contributed by atoms with Crippen LogP contribution in [0.3, 0.4) is 0 Å². The minimum atomic E-state index is -0.0637. The lowest BCUT2D eigenvalue weighted by Crippen LogP contribution is -2.22. The zero-order valence-corrected chi connectivity index (χ0v) is 5.10. The van der Waals surface area contributed by atoms with Gasteiger partial charge in [0.1, 0.15) is 12.7 Å². The topological polar surface area (TPSA) is 103 Å². The Kier molecular flexibility index (Phi) is 1.74. The molecule has 0 aliphatic heterocycles. The summed E-state index contributed by atoms with van der Waals surface area (Å²) in [7, 11) is 0. The molecule has 1 aromatic rings. The van der Waals surface area contributed by atoms with Gasteiger partial charge in [-0.2, -0.15) is 15.0 Å². The SMILES string of the molecule is NC(N)=Nc1ncncn1. The van der Waals surface area contributed by atoms with Gasteiger partial charge >= 0.3 is 0 Å². The molecular weight excluding hydrogens is 132 g/mol. The summed E-state index contributed by atoms with van der Waals surface area (Å²) in [6.07, 6.45) is 2.63. The van der Waals surface area contributed by atoms with E-state index >= 15 is 0 Å². The fraction of sp³-hybridized carbons (Fsp3) is 0. The summed E-state index contributed by atoms with van der Waals surface area (Å²) in [6.45, 7) is 0. The van der Waals surface area contributed by atoms with Crippen LogP contribution in [0, 0.1) is 0 Å². The molecule has 0 fully saturated rings. The fourth-order valence-electron chi connectivity index (χ4n) is 0.406. The average molecular weight is 138 g/mol. The van der Waals surface area contributed by atoms with E-state index < -0.39 is 0 Å². The van der Waals surface area contributed by atoms with Crippen LogP contribution >= 0.6 is 0 Å². The Bertz CT molecular complexity index is 225. The van der Waals surface area contributed by atoms with Crippen LogP contribution < -0.4 is 11.5 Å². The van der Waals surface area contributed by atoms with E-state index in [1.807, 2.05) is 0 Å². The third-order valence-corrected chi connectivity index (χ3v) is 0.709. The zero-order chi connectivity index (χ0) is 7.40. The van der Waals surface area contributed by atoms with Gasteiger partial charge in [0, 0.05) is 0 Å². The summed E-state index contributed by atoms with van der Waals surface area (Å²) in [4.78, 5) is 14.4. The molecular formula is C4H6N6. The largest absolute Gasteiger partial charge is 0.370 e. The van der Waals surface area contributed by atoms with E-state index in [2.05, 4.69) is 19.9 Å². The maximum absolute atomic E-state index is 5.05. The van der Waals surface area contributed by atoms with E-state index in [-0.39, 0.29) is 11.9 Å². The van der Waals surface area contributed by atoms with Crippen molar-refractivity contribution in [3.8, 4) is 0 Å². The van der Waals surface area contributed by atoms with E-state index in [0.717, 1.165) is 0 Å². The van der Waals surface area contributed by atoms with Crippen molar-refractivity contribution in [2.24, 2.45) is 16.5 Å². The van der Waals surface area contributed by atoms with Gasteiger partial charge in [-0.05, 0) is 0 Å². The monoisotopic (exact) mass is 138 g/mol. The van der Waals surface area contributed by atoms with Crippen molar-refractivity contribution < 1.29 is 0 Å². The average Bonchev–Trinajstić information content (AvgIpc) is 1.88. The molecule has 0 saturated carbocycles.